The van der Waals surface area contributed by atoms with Gasteiger partial charge in [-0.3, -0.25) is 4.40 Å². The smallest absolute Gasteiger partial charge is 0.452 e. The van der Waals surface area contributed by atoms with Crippen LogP contribution < -0.4 is 4.74 Å². The minimum Gasteiger partial charge on any atom is -0.463 e. The Hall–Kier alpha value is -2.92. The molecule has 5 nitrogen and oxygen atoms in total. The van der Waals surface area contributed by atoms with Gasteiger partial charge in [0.2, 0.25) is 5.82 Å². The summed E-state index contributed by atoms with van der Waals surface area (Å²) in [7, 11) is 0. The fraction of sp³-hybridized carbons (Fsp3) is 0.267. The van der Waals surface area contributed by atoms with E-state index < -0.39 is 36.0 Å². The van der Waals surface area contributed by atoms with Crippen LogP contribution in [-0.4, -0.2) is 31.9 Å². The molecule has 0 amide bonds. The number of hydrogen-bond donors (Lipinski definition) is 0. The van der Waals surface area contributed by atoms with E-state index in [1.807, 2.05) is 0 Å². The summed E-state index contributed by atoms with van der Waals surface area (Å²) in [5.41, 5.74) is 0.0660. The summed E-state index contributed by atoms with van der Waals surface area (Å²) in [6.07, 6.45) is -9.74. The lowest BCUT2D eigenvalue weighted by atomic mass is 10.1. The van der Waals surface area contributed by atoms with Crippen LogP contribution in [-0.2, 0) is 6.18 Å². The van der Waals surface area contributed by atoms with Crippen LogP contribution in [0, 0.1) is 5.82 Å². The summed E-state index contributed by atoms with van der Waals surface area (Å²) in [4.78, 5) is 3.49. The normalized spacial score (nSPS) is 13.8. The Balaban J connectivity index is 1.96. The molecule has 0 saturated carbocycles. The third-order valence-electron chi connectivity index (χ3n) is 3.55. The van der Waals surface area contributed by atoms with Gasteiger partial charge in [0.05, 0.1) is 0 Å². The van der Waals surface area contributed by atoms with E-state index in [0.717, 1.165) is 18.5 Å². The van der Waals surface area contributed by atoms with Gasteiger partial charge in [-0.2, -0.15) is 26.3 Å². The highest BCUT2D eigenvalue weighted by Gasteiger charge is 2.39. The summed E-state index contributed by atoms with van der Waals surface area (Å²) in [5, 5.41) is 6.44. The summed E-state index contributed by atoms with van der Waals surface area (Å²) in [6.45, 7) is 0.688. The zero-order valence-electron chi connectivity index (χ0n) is 13.3. The molecule has 0 spiro atoms. The molecule has 0 aromatic carbocycles. The van der Waals surface area contributed by atoms with Crippen molar-refractivity contribution in [2.24, 2.45) is 0 Å². The van der Waals surface area contributed by atoms with E-state index in [0.29, 0.717) is 11.3 Å². The lowest BCUT2D eigenvalue weighted by Crippen LogP contribution is -2.31. The first-order chi connectivity index (χ1) is 12.5. The fourth-order valence-corrected chi connectivity index (χ4v) is 2.16. The number of alkyl halides is 6. The summed E-state index contributed by atoms with van der Waals surface area (Å²) in [6, 6.07) is 3.38. The molecule has 3 rings (SSSR count). The minimum absolute atomic E-state index is 0.0308. The molecule has 0 fully saturated rings. The molecule has 144 valence electrons. The summed E-state index contributed by atoms with van der Waals surface area (Å²) in [5.74, 6) is -3.33. The van der Waals surface area contributed by atoms with E-state index in [1.54, 1.807) is 0 Å². The predicted molar refractivity (Wildman–Crippen MR) is 77.3 cm³/mol. The van der Waals surface area contributed by atoms with E-state index in [2.05, 4.69) is 19.9 Å². The molecule has 0 aliphatic carbocycles. The number of nitrogens with zero attached hydrogens (tertiary/aromatic N) is 4. The fourth-order valence-electron chi connectivity index (χ4n) is 2.16. The third-order valence-corrected chi connectivity index (χ3v) is 3.55. The van der Waals surface area contributed by atoms with Gasteiger partial charge in [-0.25, -0.2) is 9.37 Å². The van der Waals surface area contributed by atoms with Gasteiger partial charge in [0.1, 0.15) is 0 Å². The average Bonchev–Trinajstić information content (AvgIpc) is 2.99. The first-order valence-corrected chi connectivity index (χ1v) is 7.28. The van der Waals surface area contributed by atoms with Gasteiger partial charge in [-0.15, -0.1) is 10.2 Å². The van der Waals surface area contributed by atoms with Crippen LogP contribution in [0.25, 0.3) is 16.8 Å². The van der Waals surface area contributed by atoms with Crippen molar-refractivity contribution in [2.75, 3.05) is 0 Å². The molecule has 0 N–H and O–H groups in total. The molecule has 27 heavy (non-hydrogen) atoms. The molecule has 0 aliphatic rings. The highest BCUT2D eigenvalue weighted by atomic mass is 19.4. The molecular weight excluding hydrogens is 385 g/mol. The van der Waals surface area contributed by atoms with Crippen LogP contribution in [0.4, 0.5) is 30.7 Å². The van der Waals surface area contributed by atoms with E-state index in [-0.39, 0.29) is 16.8 Å². The Labute approximate surface area is 146 Å². The van der Waals surface area contributed by atoms with Crippen LogP contribution in [0.1, 0.15) is 12.7 Å². The maximum Gasteiger partial charge on any atom is 0.452 e. The van der Waals surface area contributed by atoms with Crippen LogP contribution in [0.15, 0.2) is 30.6 Å². The van der Waals surface area contributed by atoms with E-state index in [9.17, 15) is 30.7 Å². The van der Waals surface area contributed by atoms with Gasteiger partial charge in [0.25, 0.3) is 5.88 Å². The average molecular weight is 394 g/mol. The molecule has 12 heteroatoms. The molecule has 3 aromatic rings. The number of aromatic nitrogens is 4. The molecule has 0 radical (unpaired) electrons. The zero-order valence-corrected chi connectivity index (χ0v) is 13.3. The summed E-state index contributed by atoms with van der Waals surface area (Å²) < 4.78 is 95.3. The second kappa shape index (κ2) is 6.35. The second-order valence-corrected chi connectivity index (χ2v) is 5.48. The third kappa shape index (κ3) is 3.78. The Morgan fingerprint density at radius 2 is 1.74 bits per heavy atom. The number of ether oxygens (including phenoxy) is 1. The first-order valence-electron chi connectivity index (χ1n) is 7.28. The number of rotatable bonds is 3. The van der Waals surface area contributed by atoms with Crippen molar-refractivity contribution in [1.82, 2.24) is 19.6 Å². The molecule has 3 aromatic heterocycles. The number of hydrogen-bond acceptors (Lipinski definition) is 4. The molecule has 0 saturated heterocycles. The Morgan fingerprint density at radius 3 is 2.33 bits per heavy atom. The van der Waals surface area contributed by atoms with Crippen molar-refractivity contribution >= 4 is 5.65 Å². The monoisotopic (exact) mass is 394 g/mol. The lowest BCUT2D eigenvalue weighted by Gasteiger charge is -2.17. The van der Waals surface area contributed by atoms with Crippen molar-refractivity contribution in [3.05, 3.63) is 42.2 Å². The minimum atomic E-state index is -4.76. The highest BCUT2D eigenvalue weighted by molar-refractivity contribution is 5.64. The zero-order chi connectivity index (χ0) is 20.0. The van der Waals surface area contributed by atoms with Gasteiger partial charge in [-0.1, -0.05) is 0 Å². The largest absolute Gasteiger partial charge is 0.463 e. The van der Waals surface area contributed by atoms with Crippen LogP contribution >= 0.6 is 0 Å². The molecular formula is C15H9F7N4O. The van der Waals surface area contributed by atoms with E-state index in [1.165, 1.54) is 12.1 Å². The van der Waals surface area contributed by atoms with Gasteiger partial charge in [0.15, 0.2) is 17.6 Å². The number of fused-ring (bicyclic) bond motifs is 1. The van der Waals surface area contributed by atoms with E-state index in [4.69, 9.17) is 0 Å². The van der Waals surface area contributed by atoms with Crippen LogP contribution in [0.2, 0.25) is 0 Å². The maximum atomic E-state index is 14.0. The van der Waals surface area contributed by atoms with Gasteiger partial charge >= 0.3 is 12.4 Å². The van der Waals surface area contributed by atoms with Crippen LogP contribution in [0.5, 0.6) is 5.88 Å². The van der Waals surface area contributed by atoms with Gasteiger partial charge in [-0.05, 0) is 25.1 Å². The topological polar surface area (TPSA) is 52.3 Å². The molecule has 0 unspecified atom stereocenters. The van der Waals surface area contributed by atoms with Gasteiger partial charge < -0.3 is 4.74 Å². The number of halogens is 7. The van der Waals surface area contributed by atoms with E-state index >= 15 is 0 Å². The molecule has 0 bridgehead atoms. The van der Waals surface area contributed by atoms with Crippen LogP contribution in [0.3, 0.4) is 0 Å². The molecule has 1 atom stereocenters. The SMILES string of the molecule is C[C@H](Oc1ncc(-c2ccc3nnc(C(F)(F)F)n3c2)cc1F)C(F)(F)F. The first kappa shape index (κ1) is 18.9. The maximum absolute atomic E-state index is 14.0. The van der Waals surface area contributed by atoms with Crippen molar-refractivity contribution in [3.63, 3.8) is 0 Å². The summed E-state index contributed by atoms with van der Waals surface area (Å²) >= 11 is 0. The quantitative estimate of drug-likeness (QED) is 0.623. The Bertz CT molecular complexity index is 980. The highest BCUT2D eigenvalue weighted by Crippen LogP contribution is 2.31. The Kier molecular flexibility index (Phi) is 4.44. The van der Waals surface area contributed by atoms with Crippen molar-refractivity contribution in [1.29, 1.82) is 0 Å². The lowest BCUT2D eigenvalue weighted by molar-refractivity contribution is -0.190. The second-order valence-electron chi connectivity index (χ2n) is 5.48. The number of pyridine rings is 2. The predicted octanol–water partition coefficient (Wildman–Crippen LogP) is 4.28. The standard InChI is InChI=1S/C15H9F7N4O/c1-7(14(17,18)19)27-12-10(16)4-9(5-23-12)8-2-3-11-24-25-13(15(20,21)22)26(11)6-8/h2-7H,1H3/t7-/m0/s1. The van der Waals surface area contributed by atoms with Crippen molar-refractivity contribution < 1.29 is 35.5 Å². The Morgan fingerprint density at radius 1 is 1.04 bits per heavy atom. The molecule has 3 heterocycles. The van der Waals surface area contributed by atoms with Gasteiger partial charge in [0, 0.05) is 23.5 Å². The van der Waals surface area contributed by atoms with Crippen molar-refractivity contribution in [3.8, 4) is 17.0 Å². The molecule has 0 aliphatic heterocycles. The van der Waals surface area contributed by atoms with Crippen molar-refractivity contribution in [2.45, 2.75) is 25.4 Å².